The Labute approximate surface area is 85.1 Å². The first-order valence-corrected chi connectivity index (χ1v) is 5.42. The average Bonchev–Trinajstić information content (AvgIpc) is 2.47. The van der Waals surface area contributed by atoms with Gasteiger partial charge in [0, 0.05) is 0 Å². The SMILES string of the molecule is CC1CC(c2cccc(F)c2)C[C@H]1C. The molecule has 1 aromatic rings. The van der Waals surface area contributed by atoms with Gasteiger partial charge in [-0.25, -0.2) is 4.39 Å². The molecule has 1 saturated carbocycles. The predicted molar refractivity (Wildman–Crippen MR) is 56.7 cm³/mol. The summed E-state index contributed by atoms with van der Waals surface area (Å²) < 4.78 is 13.0. The van der Waals surface area contributed by atoms with Gasteiger partial charge in [-0.15, -0.1) is 0 Å². The Kier molecular flexibility index (Phi) is 2.58. The second kappa shape index (κ2) is 3.72. The van der Waals surface area contributed by atoms with E-state index in [1.54, 1.807) is 6.07 Å². The highest BCUT2D eigenvalue weighted by atomic mass is 19.1. The van der Waals surface area contributed by atoms with Crippen molar-refractivity contribution >= 4 is 0 Å². The standard InChI is InChI=1S/C13H17F/c1-9-6-12(7-10(9)2)11-4-3-5-13(14)8-11/h3-5,8-10,12H,6-7H2,1-2H3/t9-,10?,12?/m1/s1. The summed E-state index contributed by atoms with van der Waals surface area (Å²) in [7, 11) is 0. The summed E-state index contributed by atoms with van der Waals surface area (Å²) in [5.74, 6) is 2.04. The highest BCUT2D eigenvalue weighted by Crippen LogP contribution is 2.41. The zero-order chi connectivity index (χ0) is 10.1. The van der Waals surface area contributed by atoms with Crippen LogP contribution in [0.5, 0.6) is 0 Å². The fraction of sp³-hybridized carbons (Fsp3) is 0.538. The van der Waals surface area contributed by atoms with Gasteiger partial charge in [-0.3, -0.25) is 0 Å². The van der Waals surface area contributed by atoms with Crippen molar-refractivity contribution in [1.82, 2.24) is 0 Å². The van der Waals surface area contributed by atoms with Crippen molar-refractivity contribution in [2.75, 3.05) is 0 Å². The minimum atomic E-state index is -0.102. The normalized spacial score (nSPS) is 32.1. The van der Waals surface area contributed by atoms with Crippen LogP contribution in [0.3, 0.4) is 0 Å². The van der Waals surface area contributed by atoms with E-state index < -0.39 is 0 Å². The van der Waals surface area contributed by atoms with Gasteiger partial charge in [-0.05, 0) is 48.3 Å². The molecule has 1 aliphatic rings. The van der Waals surface area contributed by atoms with E-state index in [2.05, 4.69) is 19.9 Å². The molecule has 0 heterocycles. The lowest BCUT2D eigenvalue weighted by Gasteiger charge is -2.09. The summed E-state index contributed by atoms with van der Waals surface area (Å²) in [6.45, 7) is 4.59. The Morgan fingerprint density at radius 3 is 2.36 bits per heavy atom. The molecule has 0 aromatic heterocycles. The van der Waals surface area contributed by atoms with Crippen LogP contribution in [0, 0.1) is 17.7 Å². The third kappa shape index (κ3) is 1.82. The predicted octanol–water partition coefficient (Wildman–Crippen LogP) is 3.98. The smallest absolute Gasteiger partial charge is 0.123 e. The summed E-state index contributed by atoms with van der Waals surface area (Å²) in [5, 5.41) is 0. The molecule has 2 unspecified atom stereocenters. The first kappa shape index (κ1) is 9.70. The lowest BCUT2D eigenvalue weighted by Crippen LogP contribution is -1.95. The topological polar surface area (TPSA) is 0 Å². The van der Waals surface area contributed by atoms with Crippen molar-refractivity contribution in [3.8, 4) is 0 Å². The van der Waals surface area contributed by atoms with Crippen LogP contribution in [-0.4, -0.2) is 0 Å². The number of rotatable bonds is 1. The number of halogens is 1. The summed E-state index contributed by atoms with van der Waals surface area (Å²) in [6.07, 6.45) is 2.43. The molecule has 14 heavy (non-hydrogen) atoms. The number of hydrogen-bond acceptors (Lipinski definition) is 0. The zero-order valence-corrected chi connectivity index (χ0v) is 8.83. The van der Waals surface area contributed by atoms with E-state index in [4.69, 9.17) is 0 Å². The average molecular weight is 192 g/mol. The highest BCUT2D eigenvalue weighted by Gasteiger charge is 2.28. The van der Waals surface area contributed by atoms with Gasteiger partial charge in [-0.1, -0.05) is 26.0 Å². The van der Waals surface area contributed by atoms with Gasteiger partial charge in [0.05, 0.1) is 0 Å². The van der Waals surface area contributed by atoms with Gasteiger partial charge in [0.15, 0.2) is 0 Å². The van der Waals surface area contributed by atoms with E-state index in [0.717, 1.165) is 11.8 Å². The second-order valence-electron chi connectivity index (χ2n) is 4.68. The molecule has 0 N–H and O–H groups in total. The van der Waals surface area contributed by atoms with Gasteiger partial charge >= 0.3 is 0 Å². The van der Waals surface area contributed by atoms with E-state index in [-0.39, 0.29) is 5.82 Å². The minimum Gasteiger partial charge on any atom is -0.207 e. The molecule has 1 aliphatic carbocycles. The molecule has 1 heteroatoms. The summed E-state index contributed by atoms with van der Waals surface area (Å²) in [4.78, 5) is 0. The molecule has 1 aromatic carbocycles. The maximum Gasteiger partial charge on any atom is 0.123 e. The zero-order valence-electron chi connectivity index (χ0n) is 8.83. The minimum absolute atomic E-state index is 0.102. The maximum atomic E-state index is 13.0. The van der Waals surface area contributed by atoms with Crippen molar-refractivity contribution in [3.05, 3.63) is 35.6 Å². The highest BCUT2D eigenvalue weighted by molar-refractivity contribution is 5.22. The molecule has 76 valence electrons. The molecule has 3 atom stereocenters. The number of hydrogen-bond donors (Lipinski definition) is 0. The third-order valence-electron chi connectivity index (χ3n) is 3.60. The molecular weight excluding hydrogens is 175 g/mol. The quantitative estimate of drug-likeness (QED) is 0.631. The van der Waals surface area contributed by atoms with Crippen LogP contribution in [0.4, 0.5) is 4.39 Å². The molecule has 0 radical (unpaired) electrons. The van der Waals surface area contributed by atoms with Gasteiger partial charge < -0.3 is 0 Å². The van der Waals surface area contributed by atoms with E-state index in [1.807, 2.05) is 6.07 Å². The van der Waals surface area contributed by atoms with Crippen LogP contribution in [0.2, 0.25) is 0 Å². The molecular formula is C13H17F. The molecule has 0 nitrogen and oxygen atoms in total. The monoisotopic (exact) mass is 192 g/mol. The van der Waals surface area contributed by atoms with Gasteiger partial charge in [0.2, 0.25) is 0 Å². The van der Waals surface area contributed by atoms with Crippen molar-refractivity contribution in [2.45, 2.75) is 32.6 Å². The van der Waals surface area contributed by atoms with Crippen LogP contribution in [0.1, 0.15) is 38.2 Å². The molecule has 0 aliphatic heterocycles. The van der Waals surface area contributed by atoms with Crippen LogP contribution in [-0.2, 0) is 0 Å². The largest absolute Gasteiger partial charge is 0.207 e. The molecule has 1 fully saturated rings. The summed E-state index contributed by atoms with van der Waals surface area (Å²) in [6, 6.07) is 7.08. The first-order valence-electron chi connectivity index (χ1n) is 5.42. The Morgan fingerprint density at radius 2 is 1.79 bits per heavy atom. The summed E-state index contributed by atoms with van der Waals surface area (Å²) >= 11 is 0. The van der Waals surface area contributed by atoms with Crippen molar-refractivity contribution in [2.24, 2.45) is 11.8 Å². The molecule has 0 amide bonds. The van der Waals surface area contributed by atoms with Crippen LogP contribution in [0.15, 0.2) is 24.3 Å². The summed E-state index contributed by atoms with van der Waals surface area (Å²) in [5.41, 5.74) is 1.18. The van der Waals surface area contributed by atoms with E-state index >= 15 is 0 Å². The van der Waals surface area contributed by atoms with E-state index in [1.165, 1.54) is 24.5 Å². The Morgan fingerprint density at radius 1 is 1.14 bits per heavy atom. The fourth-order valence-corrected chi connectivity index (χ4v) is 2.49. The van der Waals surface area contributed by atoms with Crippen LogP contribution >= 0.6 is 0 Å². The Bertz CT molecular complexity index is 309. The van der Waals surface area contributed by atoms with Crippen LogP contribution in [0.25, 0.3) is 0 Å². The lowest BCUT2D eigenvalue weighted by molar-refractivity contribution is 0.457. The van der Waals surface area contributed by atoms with E-state index in [9.17, 15) is 4.39 Å². The van der Waals surface area contributed by atoms with Crippen LogP contribution < -0.4 is 0 Å². The van der Waals surface area contributed by atoms with Crippen molar-refractivity contribution in [3.63, 3.8) is 0 Å². The molecule has 0 saturated heterocycles. The van der Waals surface area contributed by atoms with Gasteiger partial charge in [-0.2, -0.15) is 0 Å². The number of benzene rings is 1. The van der Waals surface area contributed by atoms with E-state index in [0.29, 0.717) is 5.92 Å². The Balaban J connectivity index is 2.17. The van der Waals surface area contributed by atoms with Crippen molar-refractivity contribution in [1.29, 1.82) is 0 Å². The second-order valence-corrected chi connectivity index (χ2v) is 4.68. The lowest BCUT2D eigenvalue weighted by atomic mass is 9.96. The Hall–Kier alpha value is -0.850. The molecule has 0 spiro atoms. The molecule has 2 rings (SSSR count). The third-order valence-corrected chi connectivity index (χ3v) is 3.60. The van der Waals surface area contributed by atoms with Gasteiger partial charge in [0.1, 0.15) is 5.82 Å². The fourth-order valence-electron chi connectivity index (χ4n) is 2.49. The maximum absolute atomic E-state index is 13.0. The van der Waals surface area contributed by atoms with Crippen molar-refractivity contribution < 1.29 is 4.39 Å². The first-order chi connectivity index (χ1) is 6.66. The van der Waals surface area contributed by atoms with Gasteiger partial charge in [0.25, 0.3) is 0 Å². The molecule has 0 bridgehead atoms.